The molecular weight excluding hydrogens is 218 g/mol. The maximum atomic E-state index is 5.69. The first-order chi connectivity index (χ1) is 8.83. The van der Waals surface area contributed by atoms with Gasteiger partial charge in [0.25, 0.3) is 0 Å². The summed E-state index contributed by atoms with van der Waals surface area (Å²) in [5.74, 6) is 5.00. The summed E-state index contributed by atoms with van der Waals surface area (Å²) in [6.45, 7) is 0.669. The van der Waals surface area contributed by atoms with Crippen LogP contribution in [-0.4, -0.2) is 0 Å². The quantitative estimate of drug-likeness (QED) is 0.839. The van der Waals surface area contributed by atoms with Crippen LogP contribution in [0.25, 0.3) is 0 Å². The van der Waals surface area contributed by atoms with Gasteiger partial charge in [0.2, 0.25) is 0 Å². The fourth-order valence-corrected chi connectivity index (χ4v) is 5.35. The summed E-state index contributed by atoms with van der Waals surface area (Å²) >= 11 is 0. The monoisotopic (exact) mass is 241 g/mol. The van der Waals surface area contributed by atoms with Crippen molar-refractivity contribution in [1.82, 2.24) is 0 Å². The lowest BCUT2D eigenvalue weighted by Crippen LogP contribution is -2.43. The van der Waals surface area contributed by atoms with Crippen molar-refractivity contribution in [1.29, 1.82) is 0 Å². The summed E-state index contributed by atoms with van der Waals surface area (Å²) in [5, 5.41) is 0. The van der Waals surface area contributed by atoms with Crippen LogP contribution in [0.15, 0.2) is 24.3 Å². The molecule has 4 bridgehead atoms. The second-order valence-electron chi connectivity index (χ2n) is 6.90. The second kappa shape index (κ2) is 4.09. The van der Waals surface area contributed by atoms with Crippen molar-refractivity contribution in [3.05, 3.63) is 35.4 Å². The molecule has 96 valence electrons. The van der Waals surface area contributed by atoms with Crippen molar-refractivity contribution in [3.8, 4) is 0 Å². The SMILES string of the molecule is NCc1ccc(C2C3CC4CC(C3)CC2C4)cc1. The minimum Gasteiger partial charge on any atom is -0.326 e. The molecule has 4 saturated carbocycles. The molecular formula is C17H23N. The van der Waals surface area contributed by atoms with Crippen LogP contribution in [0.3, 0.4) is 0 Å². The fraction of sp³-hybridized carbons (Fsp3) is 0.647. The van der Waals surface area contributed by atoms with E-state index in [1.54, 1.807) is 12.0 Å². The number of hydrogen-bond acceptors (Lipinski definition) is 1. The van der Waals surface area contributed by atoms with Crippen LogP contribution in [0, 0.1) is 23.7 Å². The van der Waals surface area contributed by atoms with Gasteiger partial charge in [-0.1, -0.05) is 24.3 Å². The number of rotatable bonds is 2. The number of nitrogens with two attached hydrogens (primary N) is 1. The molecule has 1 aromatic rings. The molecule has 1 nitrogen and oxygen atoms in total. The predicted octanol–water partition coefficient (Wildman–Crippen LogP) is 3.69. The third-order valence-electron chi connectivity index (χ3n) is 5.83. The van der Waals surface area contributed by atoms with E-state index in [-0.39, 0.29) is 0 Å². The molecule has 0 amide bonds. The van der Waals surface area contributed by atoms with Crippen LogP contribution in [-0.2, 0) is 6.54 Å². The zero-order chi connectivity index (χ0) is 12.1. The Hall–Kier alpha value is -0.820. The maximum Gasteiger partial charge on any atom is 0.0178 e. The van der Waals surface area contributed by atoms with Gasteiger partial charge in [0.1, 0.15) is 0 Å². The van der Waals surface area contributed by atoms with E-state index < -0.39 is 0 Å². The van der Waals surface area contributed by atoms with Gasteiger partial charge < -0.3 is 5.73 Å². The summed E-state index contributed by atoms with van der Waals surface area (Å²) in [6, 6.07) is 9.19. The van der Waals surface area contributed by atoms with E-state index in [0.717, 1.165) is 29.6 Å². The minimum absolute atomic E-state index is 0.669. The van der Waals surface area contributed by atoms with Crippen LogP contribution in [0.1, 0.15) is 49.1 Å². The lowest BCUT2D eigenvalue weighted by molar-refractivity contribution is -0.00278. The van der Waals surface area contributed by atoms with Crippen molar-refractivity contribution < 1.29 is 0 Å². The van der Waals surface area contributed by atoms with E-state index in [4.69, 9.17) is 5.73 Å². The molecule has 4 aliphatic carbocycles. The van der Waals surface area contributed by atoms with Gasteiger partial charge in [-0.15, -0.1) is 0 Å². The third-order valence-corrected chi connectivity index (χ3v) is 5.83. The number of hydrogen-bond donors (Lipinski definition) is 1. The summed E-state index contributed by atoms with van der Waals surface area (Å²) in [5.41, 5.74) is 8.56. The van der Waals surface area contributed by atoms with E-state index in [1.807, 2.05) is 0 Å². The van der Waals surface area contributed by atoms with Gasteiger partial charge in [-0.2, -0.15) is 0 Å². The van der Waals surface area contributed by atoms with Crippen molar-refractivity contribution >= 4 is 0 Å². The van der Waals surface area contributed by atoms with Crippen LogP contribution in [0.2, 0.25) is 0 Å². The van der Waals surface area contributed by atoms with Gasteiger partial charge in [-0.25, -0.2) is 0 Å². The zero-order valence-corrected chi connectivity index (χ0v) is 11.0. The average molecular weight is 241 g/mol. The Kier molecular flexibility index (Phi) is 2.51. The van der Waals surface area contributed by atoms with Crippen LogP contribution < -0.4 is 5.73 Å². The lowest BCUT2D eigenvalue weighted by atomic mass is 9.51. The largest absolute Gasteiger partial charge is 0.326 e. The highest BCUT2D eigenvalue weighted by molar-refractivity contribution is 5.28. The molecule has 4 fully saturated rings. The molecule has 0 saturated heterocycles. The van der Waals surface area contributed by atoms with Gasteiger partial charge in [0, 0.05) is 6.54 Å². The number of benzene rings is 1. The zero-order valence-electron chi connectivity index (χ0n) is 11.0. The van der Waals surface area contributed by atoms with Crippen molar-refractivity contribution in [2.24, 2.45) is 29.4 Å². The molecule has 0 aliphatic heterocycles. The minimum atomic E-state index is 0.669. The summed E-state index contributed by atoms with van der Waals surface area (Å²) in [7, 11) is 0. The van der Waals surface area contributed by atoms with E-state index in [1.165, 1.54) is 31.2 Å². The molecule has 0 radical (unpaired) electrons. The first-order valence-electron chi connectivity index (χ1n) is 7.62. The average Bonchev–Trinajstić information content (AvgIpc) is 2.38. The molecule has 2 N–H and O–H groups in total. The van der Waals surface area contributed by atoms with Gasteiger partial charge in [0.05, 0.1) is 0 Å². The highest BCUT2D eigenvalue weighted by atomic mass is 14.5. The Morgan fingerprint density at radius 3 is 1.89 bits per heavy atom. The molecule has 0 spiro atoms. The van der Waals surface area contributed by atoms with Gasteiger partial charge in [-0.3, -0.25) is 0 Å². The van der Waals surface area contributed by atoms with Crippen LogP contribution in [0.5, 0.6) is 0 Å². The Bertz CT molecular complexity index is 405. The van der Waals surface area contributed by atoms with Crippen molar-refractivity contribution in [2.75, 3.05) is 0 Å². The Labute approximate surface area is 110 Å². The summed E-state index contributed by atoms with van der Waals surface area (Å²) < 4.78 is 0. The first-order valence-corrected chi connectivity index (χ1v) is 7.62. The Morgan fingerprint density at radius 2 is 1.39 bits per heavy atom. The van der Waals surface area contributed by atoms with Crippen LogP contribution in [0.4, 0.5) is 0 Å². The second-order valence-corrected chi connectivity index (χ2v) is 6.90. The van der Waals surface area contributed by atoms with E-state index >= 15 is 0 Å². The molecule has 0 atom stereocenters. The predicted molar refractivity (Wildman–Crippen MR) is 74.1 cm³/mol. The topological polar surface area (TPSA) is 26.0 Å². The van der Waals surface area contributed by atoms with E-state index in [9.17, 15) is 0 Å². The smallest absolute Gasteiger partial charge is 0.0178 e. The third kappa shape index (κ3) is 1.64. The molecule has 1 heteroatoms. The van der Waals surface area contributed by atoms with E-state index in [0.29, 0.717) is 6.54 Å². The highest BCUT2D eigenvalue weighted by Gasteiger charge is 2.48. The van der Waals surface area contributed by atoms with Crippen LogP contribution >= 0.6 is 0 Å². The first kappa shape index (κ1) is 11.0. The van der Waals surface area contributed by atoms with Gasteiger partial charge >= 0.3 is 0 Å². The molecule has 0 aromatic heterocycles. The highest BCUT2D eigenvalue weighted by Crippen LogP contribution is 2.59. The molecule has 18 heavy (non-hydrogen) atoms. The standard InChI is InChI=1S/C17H23N/c18-10-11-1-3-14(4-2-11)17-15-6-12-5-13(8-15)9-16(17)7-12/h1-4,12-13,15-17H,5-10,18H2. The molecule has 0 unspecified atom stereocenters. The fourth-order valence-electron chi connectivity index (χ4n) is 5.35. The molecule has 0 heterocycles. The molecule has 5 rings (SSSR count). The Balaban J connectivity index is 1.63. The van der Waals surface area contributed by atoms with Crippen molar-refractivity contribution in [2.45, 2.75) is 44.6 Å². The maximum absolute atomic E-state index is 5.69. The lowest BCUT2D eigenvalue weighted by Gasteiger charge is -2.54. The summed E-state index contributed by atoms with van der Waals surface area (Å²) in [4.78, 5) is 0. The molecule has 4 aliphatic rings. The Morgan fingerprint density at radius 1 is 0.833 bits per heavy atom. The van der Waals surface area contributed by atoms with Crippen molar-refractivity contribution in [3.63, 3.8) is 0 Å². The summed E-state index contributed by atoms with van der Waals surface area (Å²) in [6.07, 6.45) is 7.59. The van der Waals surface area contributed by atoms with Gasteiger partial charge in [-0.05, 0) is 72.8 Å². The van der Waals surface area contributed by atoms with Gasteiger partial charge in [0.15, 0.2) is 0 Å². The van der Waals surface area contributed by atoms with E-state index in [2.05, 4.69) is 24.3 Å². The normalized spacial score (nSPS) is 41.3. The molecule has 1 aromatic carbocycles.